The first-order chi connectivity index (χ1) is 9.02. The Balaban J connectivity index is 2.10. The molecule has 0 saturated heterocycles. The molecular weight excluding hydrogens is 304 g/mol. The predicted molar refractivity (Wildman–Crippen MR) is 82.9 cm³/mol. The number of halogens is 1. The number of aryl methyl sites for hydroxylation is 1. The van der Waals surface area contributed by atoms with Crippen LogP contribution in [0, 0.1) is 13.8 Å². The second-order valence-electron chi connectivity index (χ2n) is 4.66. The van der Waals surface area contributed by atoms with E-state index in [1.165, 1.54) is 17.0 Å². The van der Waals surface area contributed by atoms with E-state index >= 15 is 0 Å². The van der Waals surface area contributed by atoms with Crippen molar-refractivity contribution in [2.24, 2.45) is 7.05 Å². The van der Waals surface area contributed by atoms with Gasteiger partial charge in [0.25, 0.3) is 0 Å². The minimum absolute atomic E-state index is 0.826. The molecule has 2 aromatic rings. The van der Waals surface area contributed by atoms with Crippen molar-refractivity contribution >= 4 is 21.6 Å². The molecule has 0 unspecified atom stereocenters. The van der Waals surface area contributed by atoms with Crippen LogP contribution in [0.1, 0.15) is 17.0 Å². The SMILES string of the molecule is COc1ccc(NCc2cc(C)n(C)c2C)cc1Br. The molecule has 4 heteroatoms. The number of benzene rings is 1. The van der Waals surface area contributed by atoms with E-state index in [-0.39, 0.29) is 0 Å². The van der Waals surface area contributed by atoms with Gasteiger partial charge >= 0.3 is 0 Å². The van der Waals surface area contributed by atoms with Gasteiger partial charge < -0.3 is 14.6 Å². The Bertz CT molecular complexity index is 590. The first kappa shape index (κ1) is 14.0. The van der Waals surface area contributed by atoms with Gasteiger partial charge in [0.15, 0.2) is 0 Å². The van der Waals surface area contributed by atoms with Crippen LogP contribution in [0.5, 0.6) is 5.75 Å². The smallest absolute Gasteiger partial charge is 0.133 e. The Morgan fingerprint density at radius 3 is 2.53 bits per heavy atom. The second kappa shape index (κ2) is 5.70. The summed E-state index contributed by atoms with van der Waals surface area (Å²) < 4.78 is 8.39. The molecule has 1 N–H and O–H groups in total. The normalized spacial score (nSPS) is 10.6. The summed E-state index contributed by atoms with van der Waals surface area (Å²) in [6.45, 7) is 5.10. The van der Waals surface area contributed by atoms with E-state index in [0.717, 1.165) is 22.5 Å². The average molecular weight is 323 g/mol. The maximum absolute atomic E-state index is 5.22. The van der Waals surface area contributed by atoms with Crippen LogP contribution >= 0.6 is 15.9 Å². The molecule has 0 bridgehead atoms. The standard InChI is InChI=1S/C15H19BrN2O/c1-10-7-12(11(2)18(10)3)9-17-13-5-6-15(19-4)14(16)8-13/h5-8,17H,9H2,1-4H3. The molecule has 1 aromatic heterocycles. The van der Waals surface area contributed by atoms with E-state index in [9.17, 15) is 0 Å². The highest BCUT2D eigenvalue weighted by atomic mass is 79.9. The number of hydrogen-bond donors (Lipinski definition) is 1. The van der Waals surface area contributed by atoms with Gasteiger partial charge in [-0.05, 0) is 59.6 Å². The van der Waals surface area contributed by atoms with Gasteiger partial charge in [0, 0.05) is 30.7 Å². The fourth-order valence-corrected chi connectivity index (χ4v) is 2.63. The largest absolute Gasteiger partial charge is 0.496 e. The van der Waals surface area contributed by atoms with Crippen LogP contribution in [0.3, 0.4) is 0 Å². The number of anilines is 1. The van der Waals surface area contributed by atoms with Crippen molar-refractivity contribution in [1.82, 2.24) is 4.57 Å². The van der Waals surface area contributed by atoms with Crippen LogP contribution in [0.4, 0.5) is 5.69 Å². The lowest BCUT2D eigenvalue weighted by Crippen LogP contribution is -2.01. The van der Waals surface area contributed by atoms with Crippen molar-refractivity contribution in [1.29, 1.82) is 0 Å². The summed E-state index contributed by atoms with van der Waals surface area (Å²) in [4.78, 5) is 0. The minimum atomic E-state index is 0.826. The molecule has 0 fully saturated rings. The number of rotatable bonds is 4. The van der Waals surface area contributed by atoms with E-state index in [0.29, 0.717) is 0 Å². The van der Waals surface area contributed by atoms with Crippen molar-refractivity contribution in [3.05, 3.63) is 45.7 Å². The Morgan fingerprint density at radius 2 is 2.00 bits per heavy atom. The van der Waals surface area contributed by atoms with Crippen molar-refractivity contribution in [2.45, 2.75) is 20.4 Å². The number of hydrogen-bond acceptors (Lipinski definition) is 2. The van der Waals surface area contributed by atoms with Crippen LogP contribution in [0.2, 0.25) is 0 Å². The van der Waals surface area contributed by atoms with E-state index < -0.39 is 0 Å². The first-order valence-corrected chi connectivity index (χ1v) is 7.01. The van der Waals surface area contributed by atoms with Gasteiger partial charge in [-0.3, -0.25) is 0 Å². The van der Waals surface area contributed by atoms with Crippen LogP contribution < -0.4 is 10.1 Å². The highest BCUT2D eigenvalue weighted by molar-refractivity contribution is 9.10. The summed E-state index contributed by atoms with van der Waals surface area (Å²) in [6.07, 6.45) is 0. The number of nitrogens with zero attached hydrogens (tertiary/aromatic N) is 1. The lowest BCUT2D eigenvalue weighted by molar-refractivity contribution is 0.412. The molecule has 0 amide bonds. The maximum atomic E-state index is 5.22. The van der Waals surface area contributed by atoms with Crippen LogP contribution in [0.25, 0.3) is 0 Å². The van der Waals surface area contributed by atoms with Crippen molar-refractivity contribution < 1.29 is 4.74 Å². The number of ether oxygens (including phenoxy) is 1. The Hall–Kier alpha value is -1.42. The molecule has 0 spiro atoms. The van der Waals surface area contributed by atoms with Gasteiger partial charge in [0.2, 0.25) is 0 Å². The number of methoxy groups -OCH3 is 1. The summed E-state index contributed by atoms with van der Waals surface area (Å²) in [5.41, 5.74) is 4.99. The molecule has 1 heterocycles. The number of nitrogens with one attached hydrogen (secondary N) is 1. The van der Waals surface area contributed by atoms with E-state index in [2.05, 4.69) is 52.8 Å². The zero-order chi connectivity index (χ0) is 14.0. The molecule has 1 aromatic carbocycles. The summed E-state index contributed by atoms with van der Waals surface area (Å²) in [6, 6.07) is 8.23. The highest BCUT2D eigenvalue weighted by Gasteiger charge is 2.06. The number of aromatic nitrogens is 1. The second-order valence-corrected chi connectivity index (χ2v) is 5.51. The van der Waals surface area contributed by atoms with Crippen molar-refractivity contribution in [3.63, 3.8) is 0 Å². The molecule has 0 aliphatic carbocycles. The topological polar surface area (TPSA) is 26.2 Å². The molecule has 0 saturated carbocycles. The zero-order valence-electron chi connectivity index (χ0n) is 11.7. The molecule has 0 atom stereocenters. The zero-order valence-corrected chi connectivity index (χ0v) is 13.3. The van der Waals surface area contributed by atoms with E-state index in [4.69, 9.17) is 4.74 Å². The fraction of sp³-hybridized carbons (Fsp3) is 0.333. The summed E-state index contributed by atoms with van der Waals surface area (Å²) in [5.74, 6) is 0.845. The first-order valence-electron chi connectivity index (χ1n) is 6.22. The molecule has 0 aliphatic heterocycles. The monoisotopic (exact) mass is 322 g/mol. The van der Waals surface area contributed by atoms with Gasteiger partial charge in [0.05, 0.1) is 11.6 Å². The third kappa shape index (κ3) is 2.95. The van der Waals surface area contributed by atoms with Crippen LogP contribution in [0.15, 0.2) is 28.7 Å². The Morgan fingerprint density at radius 1 is 1.26 bits per heavy atom. The van der Waals surface area contributed by atoms with E-state index in [1.54, 1.807) is 7.11 Å². The lowest BCUT2D eigenvalue weighted by Gasteiger charge is -2.09. The third-order valence-electron chi connectivity index (χ3n) is 3.51. The van der Waals surface area contributed by atoms with Crippen molar-refractivity contribution in [2.75, 3.05) is 12.4 Å². The fourth-order valence-electron chi connectivity index (χ4n) is 2.09. The van der Waals surface area contributed by atoms with Gasteiger partial charge in [-0.15, -0.1) is 0 Å². The average Bonchev–Trinajstić information content (AvgIpc) is 2.64. The maximum Gasteiger partial charge on any atom is 0.133 e. The lowest BCUT2D eigenvalue weighted by atomic mass is 10.2. The molecular formula is C15H19BrN2O. The Labute approximate surface area is 122 Å². The summed E-state index contributed by atoms with van der Waals surface area (Å²) in [7, 11) is 3.77. The van der Waals surface area contributed by atoms with Crippen LogP contribution in [-0.2, 0) is 13.6 Å². The predicted octanol–water partition coefficient (Wildman–Crippen LogP) is 4.03. The molecule has 102 valence electrons. The highest BCUT2D eigenvalue weighted by Crippen LogP contribution is 2.28. The van der Waals surface area contributed by atoms with Crippen molar-refractivity contribution in [3.8, 4) is 5.75 Å². The minimum Gasteiger partial charge on any atom is -0.496 e. The third-order valence-corrected chi connectivity index (χ3v) is 4.13. The Kier molecular flexibility index (Phi) is 4.20. The molecule has 19 heavy (non-hydrogen) atoms. The van der Waals surface area contributed by atoms with Gasteiger partial charge in [0.1, 0.15) is 5.75 Å². The molecule has 2 rings (SSSR count). The summed E-state index contributed by atoms with van der Waals surface area (Å²) in [5, 5.41) is 3.44. The van der Waals surface area contributed by atoms with Gasteiger partial charge in [-0.25, -0.2) is 0 Å². The van der Waals surface area contributed by atoms with Gasteiger partial charge in [-0.1, -0.05) is 0 Å². The van der Waals surface area contributed by atoms with E-state index in [1.807, 2.05) is 18.2 Å². The summed E-state index contributed by atoms with van der Waals surface area (Å²) >= 11 is 3.49. The molecule has 0 aliphatic rings. The quantitative estimate of drug-likeness (QED) is 0.919. The van der Waals surface area contributed by atoms with Crippen LogP contribution in [-0.4, -0.2) is 11.7 Å². The molecule has 3 nitrogen and oxygen atoms in total. The molecule has 0 radical (unpaired) electrons. The van der Waals surface area contributed by atoms with Gasteiger partial charge in [-0.2, -0.15) is 0 Å².